The van der Waals surface area contributed by atoms with Crippen LogP contribution in [0.2, 0.25) is 0 Å². The molecule has 1 aliphatic heterocycles. The molecule has 0 unspecified atom stereocenters. The summed E-state index contributed by atoms with van der Waals surface area (Å²) < 4.78 is 0.489. The van der Waals surface area contributed by atoms with Gasteiger partial charge in [-0.2, -0.15) is 0 Å². The molecule has 0 bridgehead atoms. The smallest absolute Gasteiger partial charge is 0.356 e. The first-order valence-electron chi connectivity index (χ1n) is 5.15. The Bertz CT molecular complexity index is 333. The van der Waals surface area contributed by atoms with E-state index in [0.29, 0.717) is 4.61 Å². The third-order valence-corrected chi connectivity index (χ3v) is 2.73. The van der Waals surface area contributed by atoms with Crippen molar-refractivity contribution in [1.82, 2.24) is 15.6 Å². The number of halogens is 1. The summed E-state index contributed by atoms with van der Waals surface area (Å²) in [5, 5.41) is 12.8. The Kier molecular flexibility index (Phi) is 3.54. The van der Waals surface area contributed by atoms with Crippen LogP contribution >= 0.6 is 15.9 Å². The summed E-state index contributed by atoms with van der Waals surface area (Å²) in [6, 6.07) is 0.156. The summed E-state index contributed by atoms with van der Waals surface area (Å²) in [6.45, 7) is 9.91. The van der Waals surface area contributed by atoms with Crippen molar-refractivity contribution in [2.75, 3.05) is 0 Å². The van der Waals surface area contributed by atoms with Gasteiger partial charge in [0.05, 0.1) is 5.54 Å². The normalized spacial score (nSPS) is 18.3. The number of nitrogens with zero attached hydrogens (tertiary/aromatic N) is 2. The van der Waals surface area contributed by atoms with Crippen molar-refractivity contribution in [1.29, 1.82) is 0 Å². The van der Waals surface area contributed by atoms with Crippen LogP contribution in [0.25, 0.3) is 0 Å². The molecule has 0 saturated heterocycles. The van der Waals surface area contributed by atoms with Gasteiger partial charge in [-0.25, -0.2) is 4.79 Å². The molecule has 0 aromatic heterocycles. The summed E-state index contributed by atoms with van der Waals surface area (Å²) in [7, 11) is 0. The van der Waals surface area contributed by atoms with Gasteiger partial charge in [-0.3, -0.25) is 10.4 Å². The van der Waals surface area contributed by atoms with Crippen molar-refractivity contribution in [2.45, 2.75) is 46.2 Å². The number of hydrogen-bond donors (Lipinski definition) is 2. The van der Waals surface area contributed by atoms with Crippen LogP contribution in [-0.4, -0.2) is 32.8 Å². The molecule has 0 saturated carbocycles. The van der Waals surface area contributed by atoms with E-state index in [0.717, 1.165) is 0 Å². The third-order valence-electron chi connectivity index (χ3n) is 2.18. The Labute approximate surface area is 104 Å². The molecule has 6 heteroatoms. The zero-order valence-corrected chi connectivity index (χ0v) is 11.8. The fourth-order valence-electron chi connectivity index (χ4n) is 1.61. The van der Waals surface area contributed by atoms with Gasteiger partial charge in [0.15, 0.2) is 5.70 Å². The van der Waals surface area contributed by atoms with E-state index in [1.165, 1.54) is 0 Å². The molecule has 0 aromatic rings. The molecule has 0 spiro atoms. The van der Waals surface area contributed by atoms with Gasteiger partial charge in [0.1, 0.15) is 4.61 Å². The van der Waals surface area contributed by atoms with Gasteiger partial charge in [-0.1, -0.05) is 0 Å². The number of carbonyl (C=O) groups is 1. The van der Waals surface area contributed by atoms with E-state index >= 15 is 0 Å². The number of hydrogen-bond acceptors (Lipinski definition) is 4. The van der Waals surface area contributed by atoms with Crippen molar-refractivity contribution in [3.63, 3.8) is 0 Å². The van der Waals surface area contributed by atoms with Gasteiger partial charge in [-0.05, 0) is 50.5 Å². The molecule has 16 heavy (non-hydrogen) atoms. The van der Waals surface area contributed by atoms with Crippen LogP contribution in [-0.2, 0) is 4.79 Å². The Hall–Kier alpha value is -0.750. The SMILES string of the molecule is CC(C)N1NC(Br)=C(C(=O)O)N1C(C)(C)C. The second kappa shape index (κ2) is 4.25. The highest BCUT2D eigenvalue weighted by molar-refractivity contribution is 9.11. The number of nitrogens with one attached hydrogen (secondary N) is 1. The van der Waals surface area contributed by atoms with Gasteiger partial charge in [0, 0.05) is 6.04 Å². The van der Waals surface area contributed by atoms with Gasteiger partial charge >= 0.3 is 5.97 Å². The fraction of sp³-hybridized carbons (Fsp3) is 0.700. The zero-order valence-electron chi connectivity index (χ0n) is 10.2. The monoisotopic (exact) mass is 291 g/mol. The molecular weight excluding hydrogens is 274 g/mol. The molecule has 1 aliphatic rings. The molecule has 0 aromatic carbocycles. The molecule has 5 nitrogen and oxygen atoms in total. The molecule has 0 fully saturated rings. The van der Waals surface area contributed by atoms with E-state index in [-0.39, 0.29) is 17.3 Å². The quantitative estimate of drug-likeness (QED) is 0.761. The van der Waals surface area contributed by atoms with Crippen LogP contribution in [0.15, 0.2) is 10.3 Å². The van der Waals surface area contributed by atoms with Gasteiger partial charge in [-0.15, -0.1) is 5.12 Å². The van der Waals surface area contributed by atoms with E-state index in [2.05, 4.69) is 21.4 Å². The summed E-state index contributed by atoms with van der Waals surface area (Å²) in [5.41, 5.74) is 2.95. The van der Waals surface area contributed by atoms with E-state index < -0.39 is 5.97 Å². The molecule has 0 amide bonds. The third kappa shape index (κ3) is 2.32. The van der Waals surface area contributed by atoms with Gasteiger partial charge < -0.3 is 5.11 Å². The standard InChI is InChI=1S/C10H18BrN3O2/c1-6(2)14-12-8(11)7(9(15)16)13(14)10(3,4)5/h6,12H,1-5H3,(H,15,16). The molecule has 92 valence electrons. The molecular formula is C10H18BrN3O2. The number of aliphatic carboxylic acids is 1. The predicted octanol–water partition coefficient (Wildman–Crippen LogP) is 1.88. The van der Waals surface area contributed by atoms with Crippen molar-refractivity contribution in [2.24, 2.45) is 0 Å². The van der Waals surface area contributed by atoms with Crippen molar-refractivity contribution in [3.05, 3.63) is 10.3 Å². The Balaban J connectivity index is 3.16. The molecule has 0 radical (unpaired) electrons. The lowest BCUT2D eigenvalue weighted by molar-refractivity contribution is -0.143. The van der Waals surface area contributed by atoms with Crippen LogP contribution in [0.3, 0.4) is 0 Å². The van der Waals surface area contributed by atoms with Crippen molar-refractivity contribution in [3.8, 4) is 0 Å². The van der Waals surface area contributed by atoms with Crippen LogP contribution in [0, 0.1) is 0 Å². The summed E-state index contributed by atoms with van der Waals surface area (Å²) in [6.07, 6.45) is 0. The number of hydrazine groups is 2. The maximum atomic E-state index is 11.2. The lowest BCUT2D eigenvalue weighted by Crippen LogP contribution is -2.55. The largest absolute Gasteiger partial charge is 0.476 e. The maximum absolute atomic E-state index is 11.2. The zero-order chi connectivity index (χ0) is 12.7. The van der Waals surface area contributed by atoms with E-state index in [9.17, 15) is 9.90 Å². The lowest BCUT2D eigenvalue weighted by Gasteiger charge is -2.42. The topological polar surface area (TPSA) is 55.8 Å². The van der Waals surface area contributed by atoms with E-state index in [4.69, 9.17) is 0 Å². The second-order valence-corrected chi connectivity index (χ2v) is 5.79. The summed E-state index contributed by atoms with van der Waals surface area (Å²) in [4.78, 5) is 11.2. The predicted molar refractivity (Wildman–Crippen MR) is 65.3 cm³/mol. The number of rotatable bonds is 2. The minimum absolute atomic E-state index is 0.156. The number of carboxylic acid groups (broad SMARTS) is 1. The highest BCUT2D eigenvalue weighted by atomic mass is 79.9. The molecule has 1 heterocycles. The maximum Gasteiger partial charge on any atom is 0.356 e. The Morgan fingerprint density at radius 1 is 1.44 bits per heavy atom. The lowest BCUT2D eigenvalue weighted by atomic mass is 10.1. The summed E-state index contributed by atoms with van der Waals surface area (Å²) >= 11 is 3.25. The van der Waals surface area contributed by atoms with Gasteiger partial charge in [0.25, 0.3) is 0 Å². The average Bonchev–Trinajstić information content (AvgIpc) is 2.41. The van der Waals surface area contributed by atoms with E-state index in [1.54, 1.807) is 5.01 Å². The Morgan fingerprint density at radius 3 is 2.25 bits per heavy atom. The van der Waals surface area contributed by atoms with Crippen LogP contribution in [0.4, 0.5) is 0 Å². The van der Waals surface area contributed by atoms with E-state index in [1.807, 2.05) is 39.7 Å². The first-order valence-corrected chi connectivity index (χ1v) is 5.94. The number of carboxylic acids is 1. The minimum Gasteiger partial charge on any atom is -0.476 e. The second-order valence-electron chi connectivity index (χ2n) is 5.00. The van der Waals surface area contributed by atoms with Crippen molar-refractivity contribution >= 4 is 21.9 Å². The Morgan fingerprint density at radius 2 is 1.94 bits per heavy atom. The fourth-order valence-corrected chi connectivity index (χ4v) is 2.13. The first kappa shape index (κ1) is 13.3. The molecule has 0 atom stereocenters. The van der Waals surface area contributed by atoms with Crippen LogP contribution in [0.5, 0.6) is 0 Å². The first-order chi connectivity index (χ1) is 7.16. The average molecular weight is 292 g/mol. The summed E-state index contributed by atoms with van der Waals surface area (Å²) in [5.74, 6) is -0.947. The molecule has 0 aliphatic carbocycles. The van der Waals surface area contributed by atoms with Crippen molar-refractivity contribution < 1.29 is 9.90 Å². The van der Waals surface area contributed by atoms with Gasteiger partial charge in [0.2, 0.25) is 0 Å². The molecule has 1 rings (SSSR count). The highest BCUT2D eigenvalue weighted by Crippen LogP contribution is 2.31. The van der Waals surface area contributed by atoms with Crippen LogP contribution < -0.4 is 5.43 Å². The molecule has 2 N–H and O–H groups in total. The highest BCUT2D eigenvalue weighted by Gasteiger charge is 2.40. The minimum atomic E-state index is -0.947. The van der Waals surface area contributed by atoms with Crippen LogP contribution in [0.1, 0.15) is 34.6 Å².